The van der Waals surface area contributed by atoms with Crippen molar-refractivity contribution in [3.63, 3.8) is 0 Å². The third-order valence-corrected chi connectivity index (χ3v) is 4.03. The second-order valence-corrected chi connectivity index (χ2v) is 5.10. The van der Waals surface area contributed by atoms with Gasteiger partial charge in [0, 0.05) is 0 Å². The largest absolute Gasteiger partial charge is 0.121 e. The van der Waals surface area contributed by atoms with Crippen molar-refractivity contribution in [1.29, 1.82) is 0 Å². The predicted molar refractivity (Wildman–Crippen MR) is 62.8 cm³/mol. The summed E-state index contributed by atoms with van der Waals surface area (Å²) in [4.78, 5) is 0. The molecule has 0 aromatic heterocycles. The monoisotopic (exact) mass is 180 g/mol. The van der Waals surface area contributed by atoms with E-state index in [1.165, 1.54) is 45.8 Å². The van der Waals surface area contributed by atoms with E-state index in [4.69, 9.17) is 0 Å². The third-order valence-electron chi connectivity index (χ3n) is 4.03. The summed E-state index contributed by atoms with van der Waals surface area (Å²) >= 11 is 0. The first-order chi connectivity index (χ1) is 6.24. The van der Waals surface area contributed by atoms with Gasteiger partial charge in [-0.25, -0.2) is 0 Å². The van der Waals surface area contributed by atoms with Gasteiger partial charge in [-0.15, -0.1) is 0 Å². The molecule has 0 spiro atoms. The Bertz CT molecular complexity index is 133. The highest BCUT2D eigenvalue weighted by atomic mass is 14.2. The molecule has 1 aliphatic carbocycles. The lowest BCUT2D eigenvalue weighted by molar-refractivity contribution is 0.338. The van der Waals surface area contributed by atoms with Gasteiger partial charge in [-0.2, -0.15) is 0 Å². The number of hydrogen-bond donors (Lipinski definition) is 0. The Kier molecular flexibility index (Phi) is 4.91. The molecule has 0 radical (unpaired) electrons. The average Bonchev–Trinajstić information content (AvgIpc) is 2.20. The van der Waals surface area contributed by atoms with Crippen molar-refractivity contribution in [2.75, 3.05) is 0 Å². The molecule has 1 fully saturated rings. The average molecular weight is 180 g/mol. The van der Waals surface area contributed by atoms with Gasteiger partial charge in [0.2, 0.25) is 0 Å². The molecular weight excluding hydrogens is 155 g/mol. The van der Waals surface area contributed by atoms with Crippen LogP contribution in [0.1, 0.15) is 52.4 Å². The quantitative estimate of drug-likeness (QED) is 0.537. The van der Waals surface area contributed by atoms with Crippen LogP contribution in [0.2, 0.25) is 12.6 Å². The van der Waals surface area contributed by atoms with Gasteiger partial charge in [-0.05, 0) is 11.8 Å². The lowest BCUT2D eigenvalue weighted by Gasteiger charge is -2.22. The highest BCUT2D eigenvalue weighted by Crippen LogP contribution is 2.32. The molecule has 0 nitrogen and oxygen atoms in total. The molecule has 0 N–H and O–H groups in total. The molecule has 0 bridgehead atoms. The summed E-state index contributed by atoms with van der Waals surface area (Å²) in [5.74, 6) is 2.95. The summed E-state index contributed by atoms with van der Waals surface area (Å²) in [6.45, 7) is 7.27. The molecule has 3 unspecified atom stereocenters. The van der Waals surface area contributed by atoms with E-state index in [2.05, 4.69) is 20.7 Å². The van der Waals surface area contributed by atoms with E-state index in [1.807, 2.05) is 0 Å². The first kappa shape index (κ1) is 11.1. The van der Waals surface area contributed by atoms with Crippen molar-refractivity contribution in [2.45, 2.75) is 65.0 Å². The second kappa shape index (κ2) is 5.72. The fraction of sp³-hybridized carbons (Fsp3) is 1.00. The zero-order valence-corrected chi connectivity index (χ0v) is 9.68. The van der Waals surface area contributed by atoms with Gasteiger partial charge in [0.15, 0.2) is 0 Å². The molecular formula is C12H25B. The van der Waals surface area contributed by atoms with Gasteiger partial charge in [-0.1, -0.05) is 65.0 Å². The Morgan fingerprint density at radius 1 is 0.923 bits per heavy atom. The first-order valence-corrected chi connectivity index (χ1v) is 6.24. The molecule has 0 aliphatic heterocycles. The Morgan fingerprint density at radius 2 is 1.62 bits per heavy atom. The summed E-state index contributed by atoms with van der Waals surface area (Å²) < 4.78 is 0. The molecule has 0 amide bonds. The highest BCUT2D eigenvalue weighted by molar-refractivity contribution is 6.35. The lowest BCUT2D eigenvalue weighted by atomic mass is 9.61. The maximum Gasteiger partial charge on any atom is 0.121 e. The molecule has 1 rings (SSSR count). The van der Waals surface area contributed by atoms with Crippen molar-refractivity contribution >= 4 is 7.28 Å². The molecule has 0 saturated heterocycles. The first-order valence-electron chi connectivity index (χ1n) is 6.24. The van der Waals surface area contributed by atoms with Crippen LogP contribution in [0.5, 0.6) is 0 Å². The van der Waals surface area contributed by atoms with E-state index in [0.717, 1.165) is 17.7 Å². The van der Waals surface area contributed by atoms with E-state index in [0.29, 0.717) is 0 Å². The molecule has 0 aromatic rings. The summed E-state index contributed by atoms with van der Waals surface area (Å²) in [5.41, 5.74) is 0. The van der Waals surface area contributed by atoms with Crippen LogP contribution < -0.4 is 0 Å². The summed E-state index contributed by atoms with van der Waals surface area (Å²) in [6.07, 6.45) is 8.89. The Morgan fingerprint density at radius 3 is 2.31 bits per heavy atom. The van der Waals surface area contributed by atoms with Gasteiger partial charge < -0.3 is 0 Å². The zero-order chi connectivity index (χ0) is 9.68. The van der Waals surface area contributed by atoms with Crippen molar-refractivity contribution in [2.24, 2.45) is 11.8 Å². The van der Waals surface area contributed by atoms with Crippen LogP contribution in [0.4, 0.5) is 0 Å². The van der Waals surface area contributed by atoms with E-state index in [-0.39, 0.29) is 0 Å². The molecule has 1 heteroatoms. The number of hydrogen-bond acceptors (Lipinski definition) is 0. The van der Waals surface area contributed by atoms with Crippen molar-refractivity contribution in [3.8, 4) is 0 Å². The van der Waals surface area contributed by atoms with Crippen molar-refractivity contribution in [3.05, 3.63) is 0 Å². The van der Waals surface area contributed by atoms with Crippen LogP contribution in [0, 0.1) is 11.8 Å². The van der Waals surface area contributed by atoms with E-state index < -0.39 is 0 Å². The van der Waals surface area contributed by atoms with Gasteiger partial charge in [0.25, 0.3) is 0 Å². The van der Waals surface area contributed by atoms with Crippen LogP contribution in [-0.2, 0) is 0 Å². The van der Waals surface area contributed by atoms with E-state index in [1.54, 1.807) is 0 Å². The lowest BCUT2D eigenvalue weighted by Crippen LogP contribution is -2.12. The fourth-order valence-corrected chi connectivity index (χ4v) is 2.61. The second-order valence-electron chi connectivity index (χ2n) is 5.10. The maximum atomic E-state index is 2.46. The smallest absolute Gasteiger partial charge is 0.0891 e. The van der Waals surface area contributed by atoms with Gasteiger partial charge >= 0.3 is 0 Å². The molecule has 13 heavy (non-hydrogen) atoms. The van der Waals surface area contributed by atoms with Crippen molar-refractivity contribution < 1.29 is 0 Å². The maximum absolute atomic E-state index is 2.46. The van der Waals surface area contributed by atoms with Crippen LogP contribution in [0.15, 0.2) is 0 Å². The van der Waals surface area contributed by atoms with Crippen LogP contribution in [0.3, 0.4) is 0 Å². The number of rotatable bonds is 1. The Labute approximate surface area is 84.7 Å². The summed E-state index contributed by atoms with van der Waals surface area (Å²) in [7, 11) is 1.40. The van der Waals surface area contributed by atoms with Crippen LogP contribution in [0.25, 0.3) is 0 Å². The fourth-order valence-electron chi connectivity index (χ4n) is 2.61. The predicted octanol–water partition coefficient (Wildman–Crippen LogP) is 3.89. The van der Waals surface area contributed by atoms with E-state index in [9.17, 15) is 0 Å². The molecule has 76 valence electrons. The minimum absolute atomic E-state index is 0.961. The standard InChI is InChI=1S/C12H25B/c1-10-7-5-4-6-8-12(13-3)9-11(10)2/h10-13H,4-9H2,1-3H3. The van der Waals surface area contributed by atoms with Gasteiger partial charge in [-0.3, -0.25) is 0 Å². The Balaban J connectivity index is 2.44. The van der Waals surface area contributed by atoms with E-state index >= 15 is 0 Å². The summed E-state index contributed by atoms with van der Waals surface area (Å²) in [5, 5.41) is 0. The minimum atomic E-state index is 0.961. The zero-order valence-electron chi connectivity index (χ0n) is 9.68. The molecule has 1 aliphatic rings. The van der Waals surface area contributed by atoms with Gasteiger partial charge in [0.05, 0.1) is 0 Å². The molecule has 0 heterocycles. The topological polar surface area (TPSA) is 0 Å². The van der Waals surface area contributed by atoms with Gasteiger partial charge in [0.1, 0.15) is 7.28 Å². The Hall–Kier alpha value is 0.0649. The minimum Gasteiger partial charge on any atom is -0.0891 e. The molecule has 3 atom stereocenters. The highest BCUT2D eigenvalue weighted by Gasteiger charge is 2.18. The normalized spacial score (nSPS) is 37.3. The van der Waals surface area contributed by atoms with Crippen LogP contribution in [-0.4, -0.2) is 7.28 Å². The molecule has 1 saturated carbocycles. The summed E-state index contributed by atoms with van der Waals surface area (Å²) in [6, 6.07) is 0. The third kappa shape index (κ3) is 3.75. The molecule has 0 aromatic carbocycles. The SMILES string of the molecule is CBC1CCCCCC(C)C(C)C1. The van der Waals surface area contributed by atoms with Crippen LogP contribution >= 0.6 is 0 Å². The van der Waals surface area contributed by atoms with Crippen molar-refractivity contribution in [1.82, 2.24) is 0 Å².